The number of aryl methyl sites for hydroxylation is 1. The zero-order chi connectivity index (χ0) is 36.0. The summed E-state index contributed by atoms with van der Waals surface area (Å²) in [5.41, 5.74) is 5.15. The number of ether oxygens (including phenoxy) is 3. The average molecular weight is 681 g/mol. The molecule has 10 nitrogen and oxygen atoms in total. The predicted molar refractivity (Wildman–Crippen MR) is 190 cm³/mol. The lowest BCUT2D eigenvalue weighted by Crippen LogP contribution is -2.54. The fourth-order valence-electron chi connectivity index (χ4n) is 6.63. The SMILES string of the molecule is COc1ccc(CC[C@@H](O)c2cccc(NC(=O)C(NC(=O)OCC3c4ccccc4-c4ccccc43)[C@@H](C(=O)O)C(C)(C)C)c2)cc1OC. The number of aliphatic hydroxyl groups excluding tert-OH is 1. The first-order chi connectivity index (χ1) is 23.9. The highest BCUT2D eigenvalue weighted by Crippen LogP contribution is 2.44. The molecule has 10 heteroatoms. The number of carboxylic acid groups (broad SMARTS) is 1. The first-order valence-corrected chi connectivity index (χ1v) is 16.5. The van der Waals surface area contributed by atoms with Crippen molar-refractivity contribution in [3.8, 4) is 22.6 Å². The van der Waals surface area contributed by atoms with Crippen LogP contribution in [-0.4, -0.2) is 55.1 Å². The Balaban J connectivity index is 1.28. The van der Waals surface area contributed by atoms with Gasteiger partial charge in [-0.1, -0.05) is 87.5 Å². The van der Waals surface area contributed by atoms with Crippen molar-refractivity contribution in [3.05, 3.63) is 113 Å². The summed E-state index contributed by atoms with van der Waals surface area (Å²) in [7, 11) is 3.13. The lowest BCUT2D eigenvalue weighted by Gasteiger charge is -2.33. The summed E-state index contributed by atoms with van der Waals surface area (Å²) in [6.45, 7) is 5.09. The Bertz CT molecular complexity index is 1800. The Morgan fingerprint density at radius 3 is 2.06 bits per heavy atom. The molecule has 1 unspecified atom stereocenters. The van der Waals surface area contributed by atoms with Gasteiger partial charge in [-0.25, -0.2) is 4.79 Å². The third-order valence-corrected chi connectivity index (χ3v) is 9.13. The van der Waals surface area contributed by atoms with Gasteiger partial charge in [-0.2, -0.15) is 0 Å². The molecule has 0 saturated carbocycles. The lowest BCUT2D eigenvalue weighted by atomic mass is 9.76. The number of methoxy groups -OCH3 is 2. The lowest BCUT2D eigenvalue weighted by molar-refractivity contribution is -0.149. The zero-order valence-corrected chi connectivity index (χ0v) is 28.9. The van der Waals surface area contributed by atoms with Gasteiger partial charge >= 0.3 is 12.1 Å². The molecule has 5 rings (SSSR count). The number of hydrogen-bond donors (Lipinski definition) is 4. The highest BCUT2D eigenvalue weighted by atomic mass is 16.5. The molecule has 50 heavy (non-hydrogen) atoms. The molecular weight excluding hydrogens is 636 g/mol. The molecule has 0 aliphatic heterocycles. The van der Waals surface area contributed by atoms with Crippen LogP contribution >= 0.6 is 0 Å². The molecule has 0 radical (unpaired) electrons. The van der Waals surface area contributed by atoms with E-state index in [2.05, 4.69) is 10.6 Å². The minimum atomic E-state index is -1.47. The fourth-order valence-corrected chi connectivity index (χ4v) is 6.63. The van der Waals surface area contributed by atoms with Crippen molar-refractivity contribution in [2.75, 3.05) is 26.1 Å². The fraction of sp³-hybridized carbons (Fsp3) is 0.325. The number of anilines is 1. The van der Waals surface area contributed by atoms with Crippen molar-refractivity contribution in [2.45, 2.75) is 51.7 Å². The van der Waals surface area contributed by atoms with Crippen molar-refractivity contribution in [2.24, 2.45) is 11.3 Å². The molecule has 1 aliphatic carbocycles. The van der Waals surface area contributed by atoms with Crippen LogP contribution < -0.4 is 20.1 Å². The van der Waals surface area contributed by atoms with E-state index in [0.29, 0.717) is 35.6 Å². The van der Waals surface area contributed by atoms with Crippen LogP contribution in [0.1, 0.15) is 61.5 Å². The molecule has 0 aromatic heterocycles. The van der Waals surface area contributed by atoms with Crippen molar-refractivity contribution in [1.29, 1.82) is 0 Å². The molecule has 0 heterocycles. The van der Waals surface area contributed by atoms with Crippen LogP contribution in [0.3, 0.4) is 0 Å². The highest BCUT2D eigenvalue weighted by Gasteiger charge is 2.43. The van der Waals surface area contributed by atoms with Gasteiger partial charge in [0.25, 0.3) is 0 Å². The minimum Gasteiger partial charge on any atom is -0.493 e. The van der Waals surface area contributed by atoms with Crippen LogP contribution in [0.2, 0.25) is 0 Å². The molecule has 0 bridgehead atoms. The molecule has 1 aliphatic rings. The monoisotopic (exact) mass is 680 g/mol. The minimum absolute atomic E-state index is 0.00466. The molecule has 262 valence electrons. The van der Waals surface area contributed by atoms with E-state index in [1.807, 2.05) is 66.7 Å². The van der Waals surface area contributed by atoms with Gasteiger partial charge in [-0.3, -0.25) is 9.59 Å². The molecule has 3 atom stereocenters. The number of carbonyl (C=O) groups is 3. The third-order valence-electron chi connectivity index (χ3n) is 9.13. The molecule has 0 saturated heterocycles. The Hall–Kier alpha value is -5.35. The number of aliphatic hydroxyl groups is 1. The smallest absolute Gasteiger partial charge is 0.407 e. The number of aliphatic carboxylic acids is 1. The van der Waals surface area contributed by atoms with Crippen molar-refractivity contribution in [1.82, 2.24) is 5.32 Å². The summed E-state index contributed by atoms with van der Waals surface area (Å²) in [5.74, 6) is -2.25. The zero-order valence-electron chi connectivity index (χ0n) is 28.9. The van der Waals surface area contributed by atoms with E-state index >= 15 is 0 Å². The standard InChI is InChI=1S/C40H44N2O8/c1-40(2,3)35(38(45)46)36(42-39(47)50-23-31-29-15-8-6-13-27(29)28-14-7-9-16-30(28)31)37(44)41-26-12-10-11-25(22-26)32(43)19-17-24-18-20-33(48-4)34(21-24)49-5/h6-16,18,20-22,31-32,35-36,43H,17,19,23H2,1-5H3,(H,41,44)(H,42,47)(H,45,46)/t32-,35+,36?/m1/s1. The van der Waals surface area contributed by atoms with Gasteiger partial charge in [0, 0.05) is 11.6 Å². The van der Waals surface area contributed by atoms with E-state index in [-0.39, 0.29) is 12.5 Å². The Kier molecular flexibility index (Phi) is 11.1. The summed E-state index contributed by atoms with van der Waals surface area (Å²) >= 11 is 0. The number of nitrogens with one attached hydrogen (secondary N) is 2. The number of hydrogen-bond acceptors (Lipinski definition) is 7. The Morgan fingerprint density at radius 1 is 0.820 bits per heavy atom. The van der Waals surface area contributed by atoms with Gasteiger partial charge < -0.3 is 35.1 Å². The second kappa shape index (κ2) is 15.5. The largest absolute Gasteiger partial charge is 0.493 e. The number of rotatable bonds is 13. The van der Waals surface area contributed by atoms with E-state index in [9.17, 15) is 24.6 Å². The Morgan fingerprint density at radius 2 is 1.46 bits per heavy atom. The maximum absolute atomic E-state index is 13.8. The topological polar surface area (TPSA) is 143 Å². The van der Waals surface area contributed by atoms with E-state index in [1.165, 1.54) is 0 Å². The first-order valence-electron chi connectivity index (χ1n) is 16.5. The van der Waals surface area contributed by atoms with Gasteiger partial charge in [0.05, 0.1) is 26.2 Å². The summed E-state index contributed by atoms with van der Waals surface area (Å²) in [6.07, 6.45) is -0.807. The highest BCUT2D eigenvalue weighted by molar-refractivity contribution is 5.99. The molecule has 4 aromatic rings. The van der Waals surface area contributed by atoms with Crippen LogP contribution in [0.4, 0.5) is 10.5 Å². The quantitative estimate of drug-likeness (QED) is 0.119. The van der Waals surface area contributed by atoms with E-state index in [1.54, 1.807) is 59.3 Å². The van der Waals surface area contributed by atoms with E-state index in [0.717, 1.165) is 27.8 Å². The maximum atomic E-state index is 13.8. The van der Waals surface area contributed by atoms with Gasteiger partial charge in [0.15, 0.2) is 11.5 Å². The molecule has 4 N–H and O–H groups in total. The van der Waals surface area contributed by atoms with Crippen molar-refractivity contribution >= 4 is 23.7 Å². The van der Waals surface area contributed by atoms with E-state index in [4.69, 9.17) is 14.2 Å². The van der Waals surface area contributed by atoms with Crippen LogP contribution in [0, 0.1) is 11.3 Å². The van der Waals surface area contributed by atoms with Crippen LogP contribution in [-0.2, 0) is 20.7 Å². The van der Waals surface area contributed by atoms with Crippen LogP contribution in [0.25, 0.3) is 11.1 Å². The second-order valence-electron chi connectivity index (χ2n) is 13.5. The normalized spacial score (nSPS) is 14.0. The van der Waals surface area contributed by atoms with Gasteiger partial charge in [0.2, 0.25) is 5.91 Å². The molecular formula is C40H44N2O8. The van der Waals surface area contributed by atoms with E-state index < -0.39 is 41.4 Å². The van der Waals surface area contributed by atoms with Crippen molar-refractivity contribution < 1.29 is 38.8 Å². The summed E-state index contributed by atoms with van der Waals surface area (Å²) < 4.78 is 16.4. The van der Waals surface area contributed by atoms with Crippen molar-refractivity contribution in [3.63, 3.8) is 0 Å². The average Bonchev–Trinajstić information content (AvgIpc) is 3.42. The van der Waals surface area contributed by atoms with Crippen LogP contribution in [0.15, 0.2) is 91.0 Å². The number of carbonyl (C=O) groups excluding carboxylic acids is 2. The number of amides is 2. The second-order valence-corrected chi connectivity index (χ2v) is 13.5. The molecule has 0 fully saturated rings. The Labute approximate surface area is 292 Å². The molecule has 2 amide bonds. The summed E-state index contributed by atoms with van der Waals surface area (Å²) in [6, 6.07) is 26.7. The number of carboxylic acids is 1. The number of fused-ring (bicyclic) bond motifs is 3. The van der Waals surface area contributed by atoms with Gasteiger partial charge in [-0.15, -0.1) is 0 Å². The maximum Gasteiger partial charge on any atom is 0.407 e. The molecule has 0 spiro atoms. The summed E-state index contributed by atoms with van der Waals surface area (Å²) in [5, 5.41) is 26.6. The number of alkyl carbamates (subject to hydrolysis) is 1. The first kappa shape index (κ1) is 35.9. The van der Waals surface area contributed by atoms with Gasteiger partial charge in [0.1, 0.15) is 12.6 Å². The molecule has 4 aromatic carbocycles. The predicted octanol–water partition coefficient (Wildman–Crippen LogP) is 6.96. The van der Waals surface area contributed by atoms with Gasteiger partial charge in [-0.05, 0) is 75.9 Å². The third kappa shape index (κ3) is 8.09. The number of benzene rings is 4. The van der Waals surface area contributed by atoms with Crippen LogP contribution in [0.5, 0.6) is 11.5 Å². The summed E-state index contributed by atoms with van der Waals surface area (Å²) in [4.78, 5) is 39.7.